The van der Waals surface area contributed by atoms with E-state index in [0.29, 0.717) is 26.3 Å². The molecule has 0 saturated carbocycles. The number of sulfone groups is 1. The largest absolute Gasteiger partial charge is 0.379 e. The molecule has 0 radical (unpaired) electrons. The van der Waals surface area contributed by atoms with Crippen LogP contribution in [0.4, 0.5) is 5.69 Å². The van der Waals surface area contributed by atoms with Gasteiger partial charge >= 0.3 is 0 Å². The lowest BCUT2D eigenvalue weighted by Gasteiger charge is -2.26. The summed E-state index contributed by atoms with van der Waals surface area (Å²) in [4.78, 5) is 24.7. The summed E-state index contributed by atoms with van der Waals surface area (Å²) in [6, 6.07) is 3.35. The van der Waals surface area contributed by atoms with Crippen LogP contribution in [-0.2, 0) is 14.6 Å². The minimum atomic E-state index is -3.58. The molecule has 1 N–H and O–H groups in total. The van der Waals surface area contributed by atoms with Crippen molar-refractivity contribution in [1.82, 2.24) is 10.2 Å². The number of benzene rings is 1. The number of hydrogen-bond acceptors (Lipinski definition) is 7. The third kappa shape index (κ3) is 4.97. The second kappa shape index (κ2) is 8.37. The number of hydrogen-bond donors (Lipinski definition) is 1. The van der Waals surface area contributed by atoms with Crippen molar-refractivity contribution in [1.29, 1.82) is 0 Å². The number of nitrogens with zero attached hydrogens (tertiary/aromatic N) is 2. The Morgan fingerprint density at radius 3 is 2.64 bits per heavy atom. The fourth-order valence-electron chi connectivity index (χ4n) is 2.46. The van der Waals surface area contributed by atoms with Crippen LogP contribution in [0.25, 0.3) is 0 Å². The number of rotatable bonds is 7. The predicted molar refractivity (Wildman–Crippen MR) is 90.4 cm³/mol. The van der Waals surface area contributed by atoms with Crippen LogP contribution in [0, 0.1) is 10.1 Å². The molecule has 0 atom stereocenters. The van der Waals surface area contributed by atoms with Gasteiger partial charge in [-0.05, 0) is 12.1 Å². The first-order valence-electron chi connectivity index (χ1n) is 7.94. The van der Waals surface area contributed by atoms with Gasteiger partial charge in [-0.15, -0.1) is 0 Å². The molecule has 138 valence electrons. The molecule has 1 aliphatic heterocycles. The summed E-state index contributed by atoms with van der Waals surface area (Å²) in [6.07, 6.45) is 0. The summed E-state index contributed by atoms with van der Waals surface area (Å²) in [5.74, 6) is -0.768. The first-order chi connectivity index (χ1) is 11.8. The van der Waals surface area contributed by atoms with E-state index in [-0.39, 0.29) is 16.2 Å². The summed E-state index contributed by atoms with van der Waals surface area (Å²) in [5, 5.41) is 13.9. The van der Waals surface area contributed by atoms with Crippen LogP contribution < -0.4 is 5.32 Å². The van der Waals surface area contributed by atoms with E-state index < -0.39 is 26.4 Å². The molecule has 1 aliphatic rings. The van der Waals surface area contributed by atoms with Crippen LogP contribution in [-0.4, -0.2) is 69.3 Å². The van der Waals surface area contributed by atoms with Crippen molar-refractivity contribution in [2.75, 3.05) is 45.1 Å². The molecule has 0 unspecified atom stereocenters. The minimum Gasteiger partial charge on any atom is -0.379 e. The molecule has 25 heavy (non-hydrogen) atoms. The van der Waals surface area contributed by atoms with Crippen LogP contribution in [0.3, 0.4) is 0 Å². The van der Waals surface area contributed by atoms with Crippen LogP contribution in [0.15, 0.2) is 23.1 Å². The molecule has 0 aliphatic carbocycles. The topological polar surface area (TPSA) is 119 Å². The average molecular weight is 371 g/mol. The average Bonchev–Trinajstić information content (AvgIpc) is 2.62. The standard InChI is InChI=1S/C15H21N3O6S/c1-2-25(22,23)12-3-4-13(14(11-12)18(20)21)15(19)16-5-6-17-7-9-24-10-8-17/h3-4,11H,2,5-10H2,1H3,(H,16,19). The van der Waals surface area contributed by atoms with Crippen LogP contribution in [0.5, 0.6) is 0 Å². The number of carbonyl (C=O) groups is 1. The quantitative estimate of drug-likeness (QED) is 0.546. The Labute approximate surface area is 146 Å². The van der Waals surface area contributed by atoms with Crippen LogP contribution in [0.2, 0.25) is 0 Å². The molecule has 2 rings (SSSR count). The molecule has 10 heteroatoms. The van der Waals surface area contributed by atoms with E-state index in [0.717, 1.165) is 19.2 Å². The van der Waals surface area contributed by atoms with Crippen molar-refractivity contribution in [3.05, 3.63) is 33.9 Å². The lowest BCUT2D eigenvalue weighted by Crippen LogP contribution is -2.41. The molecule has 1 saturated heterocycles. The van der Waals surface area contributed by atoms with Gasteiger partial charge in [-0.3, -0.25) is 19.8 Å². The van der Waals surface area contributed by atoms with Gasteiger partial charge < -0.3 is 10.1 Å². The van der Waals surface area contributed by atoms with Gasteiger partial charge in [0, 0.05) is 32.2 Å². The van der Waals surface area contributed by atoms with Gasteiger partial charge in [0.1, 0.15) is 5.56 Å². The van der Waals surface area contributed by atoms with Crippen molar-refractivity contribution < 1.29 is 22.9 Å². The highest BCUT2D eigenvalue weighted by atomic mass is 32.2. The predicted octanol–water partition coefficient (Wildman–Crippen LogP) is 0.450. The van der Waals surface area contributed by atoms with Crippen molar-refractivity contribution in [2.24, 2.45) is 0 Å². The number of nitro groups is 1. The zero-order chi connectivity index (χ0) is 18.4. The third-order valence-electron chi connectivity index (χ3n) is 3.97. The Balaban J connectivity index is 2.08. The molecular formula is C15H21N3O6S. The van der Waals surface area contributed by atoms with Crippen molar-refractivity contribution in [3.63, 3.8) is 0 Å². The monoisotopic (exact) mass is 371 g/mol. The number of amides is 1. The van der Waals surface area contributed by atoms with Crippen molar-refractivity contribution in [2.45, 2.75) is 11.8 Å². The first kappa shape index (κ1) is 19.3. The summed E-state index contributed by atoms with van der Waals surface area (Å²) < 4.78 is 29.0. The molecule has 0 spiro atoms. The third-order valence-corrected chi connectivity index (χ3v) is 5.70. The zero-order valence-corrected chi connectivity index (χ0v) is 14.8. The van der Waals surface area contributed by atoms with Gasteiger partial charge in [-0.25, -0.2) is 8.42 Å². The van der Waals surface area contributed by atoms with Gasteiger partial charge in [0.2, 0.25) is 0 Å². The normalized spacial score (nSPS) is 15.7. The molecule has 1 aromatic rings. The second-order valence-electron chi connectivity index (χ2n) is 5.55. The number of ether oxygens (including phenoxy) is 1. The van der Waals surface area contributed by atoms with E-state index in [4.69, 9.17) is 4.74 Å². The van der Waals surface area contributed by atoms with Gasteiger partial charge in [-0.1, -0.05) is 6.92 Å². The molecule has 1 fully saturated rings. The van der Waals surface area contributed by atoms with Crippen molar-refractivity contribution in [3.8, 4) is 0 Å². The smallest absolute Gasteiger partial charge is 0.283 e. The summed E-state index contributed by atoms with van der Waals surface area (Å²) >= 11 is 0. The van der Waals surface area contributed by atoms with E-state index in [1.165, 1.54) is 19.1 Å². The lowest BCUT2D eigenvalue weighted by atomic mass is 10.1. The van der Waals surface area contributed by atoms with Gasteiger partial charge in [-0.2, -0.15) is 0 Å². The fourth-order valence-corrected chi connectivity index (χ4v) is 3.36. The van der Waals surface area contributed by atoms with E-state index >= 15 is 0 Å². The Morgan fingerprint density at radius 2 is 2.04 bits per heavy atom. The maximum atomic E-state index is 12.2. The highest BCUT2D eigenvalue weighted by Gasteiger charge is 2.24. The number of nitro benzene ring substituents is 1. The molecular weight excluding hydrogens is 350 g/mol. The minimum absolute atomic E-state index is 0.151. The summed E-state index contributed by atoms with van der Waals surface area (Å²) in [7, 11) is -3.58. The Bertz CT molecular complexity index is 744. The number of nitrogens with one attached hydrogen (secondary N) is 1. The molecule has 0 bridgehead atoms. The molecule has 9 nitrogen and oxygen atoms in total. The summed E-state index contributed by atoms with van der Waals surface area (Å²) in [6.45, 7) is 5.25. The zero-order valence-electron chi connectivity index (χ0n) is 13.9. The highest BCUT2D eigenvalue weighted by molar-refractivity contribution is 7.91. The molecule has 0 aromatic heterocycles. The van der Waals surface area contributed by atoms with Gasteiger partial charge in [0.15, 0.2) is 9.84 Å². The Hall–Kier alpha value is -2.04. The highest BCUT2D eigenvalue weighted by Crippen LogP contribution is 2.23. The maximum Gasteiger partial charge on any atom is 0.283 e. The molecule has 1 amide bonds. The van der Waals surface area contributed by atoms with Gasteiger partial charge in [0.05, 0.1) is 28.8 Å². The lowest BCUT2D eigenvalue weighted by molar-refractivity contribution is -0.385. The number of carbonyl (C=O) groups excluding carboxylic acids is 1. The van der Waals surface area contributed by atoms with Gasteiger partial charge in [0.25, 0.3) is 11.6 Å². The Kier molecular flexibility index (Phi) is 6.45. The van der Waals surface area contributed by atoms with E-state index in [1.807, 2.05) is 0 Å². The maximum absolute atomic E-state index is 12.2. The number of morpholine rings is 1. The SMILES string of the molecule is CCS(=O)(=O)c1ccc(C(=O)NCCN2CCOCC2)c([N+](=O)[O-])c1. The van der Waals surface area contributed by atoms with E-state index in [2.05, 4.69) is 10.2 Å². The van der Waals surface area contributed by atoms with Crippen molar-refractivity contribution >= 4 is 21.4 Å². The fraction of sp³-hybridized carbons (Fsp3) is 0.533. The second-order valence-corrected chi connectivity index (χ2v) is 7.83. The molecule has 1 heterocycles. The summed E-state index contributed by atoms with van der Waals surface area (Å²) in [5.41, 5.74) is -0.666. The van der Waals surface area contributed by atoms with E-state index in [1.54, 1.807) is 0 Å². The molecule has 1 aromatic carbocycles. The van der Waals surface area contributed by atoms with Crippen LogP contribution in [0.1, 0.15) is 17.3 Å². The van der Waals surface area contributed by atoms with E-state index in [9.17, 15) is 23.3 Å². The Morgan fingerprint density at radius 1 is 1.36 bits per heavy atom. The first-order valence-corrected chi connectivity index (χ1v) is 9.60. The van der Waals surface area contributed by atoms with Crippen LogP contribution >= 0.6 is 0 Å².